The van der Waals surface area contributed by atoms with Crippen molar-refractivity contribution >= 4 is 53.0 Å². The molecule has 2 unspecified atom stereocenters. The van der Waals surface area contributed by atoms with Gasteiger partial charge in [0.15, 0.2) is 5.96 Å². The van der Waals surface area contributed by atoms with Crippen molar-refractivity contribution in [3.05, 3.63) is 35.0 Å². The topological polar surface area (TPSA) is 39.7 Å². The number of nitrogens with one attached hydrogen (secondary N) is 2. The number of halogens is 1. The van der Waals surface area contributed by atoms with Gasteiger partial charge in [0.25, 0.3) is 0 Å². The van der Waals surface area contributed by atoms with Gasteiger partial charge in [-0.25, -0.2) is 0 Å². The van der Waals surface area contributed by atoms with Gasteiger partial charge in [0, 0.05) is 42.6 Å². The third-order valence-corrected chi connectivity index (χ3v) is 6.28. The molecule has 2 atom stereocenters. The average molecular weight is 495 g/mol. The Bertz CT molecular complexity index is 507. The molecular weight excluding hydrogens is 463 g/mol. The number of thiophene rings is 1. The first-order valence-electron chi connectivity index (χ1n) is 8.63. The molecule has 25 heavy (non-hydrogen) atoms. The number of likely N-dealkylation sites (tertiary alicyclic amines) is 1. The standard InChI is InChI=1S/C18H30N4S2.HI/c1-4-11-23-13-9-20-18(19-2)21-14-15-7-5-10-22(3)17(15)16-8-6-12-24-16;/h4,6,8,12,15,17H,1,5,7,9-11,13-14H2,2-3H3,(H2,19,20,21);1H. The third kappa shape index (κ3) is 7.48. The van der Waals surface area contributed by atoms with Gasteiger partial charge in [-0.3, -0.25) is 9.89 Å². The molecule has 1 aliphatic heterocycles. The fourth-order valence-electron chi connectivity index (χ4n) is 3.24. The minimum atomic E-state index is 0. The zero-order valence-corrected chi connectivity index (χ0v) is 19.2. The van der Waals surface area contributed by atoms with Crippen molar-refractivity contribution in [3.63, 3.8) is 0 Å². The predicted molar refractivity (Wildman–Crippen MR) is 125 cm³/mol. The highest BCUT2D eigenvalue weighted by Gasteiger charge is 2.31. The number of thioether (sulfide) groups is 1. The van der Waals surface area contributed by atoms with Crippen LogP contribution in [-0.4, -0.2) is 56.1 Å². The number of hydrogen-bond acceptors (Lipinski definition) is 4. The quantitative estimate of drug-likeness (QED) is 0.190. The first kappa shape index (κ1) is 22.8. The van der Waals surface area contributed by atoms with E-state index in [9.17, 15) is 0 Å². The maximum absolute atomic E-state index is 4.35. The molecule has 0 aliphatic carbocycles. The van der Waals surface area contributed by atoms with Crippen molar-refractivity contribution in [1.82, 2.24) is 15.5 Å². The summed E-state index contributed by atoms with van der Waals surface area (Å²) in [5.74, 6) is 3.60. The molecule has 1 saturated heterocycles. The summed E-state index contributed by atoms with van der Waals surface area (Å²) in [7, 11) is 4.09. The summed E-state index contributed by atoms with van der Waals surface area (Å²) in [5.41, 5.74) is 0. The maximum Gasteiger partial charge on any atom is 0.191 e. The Morgan fingerprint density at radius 2 is 2.36 bits per heavy atom. The molecular formula is C18H31IN4S2. The Morgan fingerprint density at radius 1 is 1.52 bits per heavy atom. The van der Waals surface area contributed by atoms with E-state index in [2.05, 4.69) is 51.7 Å². The Balaban J connectivity index is 0.00000312. The van der Waals surface area contributed by atoms with Crippen LogP contribution in [0, 0.1) is 5.92 Å². The molecule has 1 aliphatic rings. The van der Waals surface area contributed by atoms with Crippen molar-refractivity contribution in [2.45, 2.75) is 18.9 Å². The van der Waals surface area contributed by atoms with Crippen molar-refractivity contribution in [2.24, 2.45) is 10.9 Å². The van der Waals surface area contributed by atoms with Crippen molar-refractivity contribution in [2.75, 3.05) is 45.2 Å². The van der Waals surface area contributed by atoms with E-state index in [0.29, 0.717) is 12.0 Å². The number of hydrogen-bond donors (Lipinski definition) is 2. The minimum absolute atomic E-state index is 0. The molecule has 2 rings (SSSR count). The molecule has 7 heteroatoms. The van der Waals surface area contributed by atoms with Gasteiger partial charge in [-0.15, -0.1) is 41.9 Å². The van der Waals surface area contributed by atoms with E-state index >= 15 is 0 Å². The van der Waals surface area contributed by atoms with Crippen LogP contribution in [0.2, 0.25) is 0 Å². The summed E-state index contributed by atoms with van der Waals surface area (Å²) in [6, 6.07) is 4.95. The number of aliphatic imine (C=N–C) groups is 1. The summed E-state index contributed by atoms with van der Waals surface area (Å²) >= 11 is 3.75. The average Bonchev–Trinajstić information content (AvgIpc) is 3.11. The van der Waals surface area contributed by atoms with Crippen LogP contribution >= 0.6 is 47.1 Å². The number of rotatable bonds is 8. The molecule has 2 heterocycles. The third-order valence-electron chi connectivity index (χ3n) is 4.37. The van der Waals surface area contributed by atoms with E-state index in [1.807, 2.05) is 36.2 Å². The lowest BCUT2D eigenvalue weighted by molar-refractivity contribution is 0.125. The van der Waals surface area contributed by atoms with E-state index < -0.39 is 0 Å². The van der Waals surface area contributed by atoms with Crippen molar-refractivity contribution < 1.29 is 0 Å². The van der Waals surface area contributed by atoms with E-state index in [1.54, 1.807) is 0 Å². The first-order valence-corrected chi connectivity index (χ1v) is 10.7. The van der Waals surface area contributed by atoms with Gasteiger partial charge < -0.3 is 10.6 Å². The molecule has 2 N–H and O–H groups in total. The highest BCUT2D eigenvalue weighted by Crippen LogP contribution is 2.36. The summed E-state index contributed by atoms with van der Waals surface area (Å²) in [5, 5.41) is 9.12. The van der Waals surface area contributed by atoms with Crippen LogP contribution in [0.4, 0.5) is 0 Å². The Hall–Kier alpha value is -0.250. The second-order valence-corrected chi connectivity index (χ2v) is 8.22. The predicted octanol–water partition coefficient (Wildman–Crippen LogP) is 3.83. The zero-order chi connectivity index (χ0) is 17.2. The molecule has 1 fully saturated rings. The molecule has 0 bridgehead atoms. The van der Waals surface area contributed by atoms with E-state index in [1.165, 1.54) is 24.3 Å². The van der Waals surface area contributed by atoms with E-state index in [4.69, 9.17) is 0 Å². The molecule has 0 radical (unpaired) electrons. The molecule has 142 valence electrons. The van der Waals surface area contributed by atoms with Crippen LogP contribution in [0.15, 0.2) is 35.2 Å². The molecule has 1 aromatic rings. The first-order chi connectivity index (χ1) is 11.8. The van der Waals surface area contributed by atoms with Crippen LogP contribution < -0.4 is 10.6 Å². The maximum atomic E-state index is 4.35. The molecule has 0 spiro atoms. The smallest absolute Gasteiger partial charge is 0.191 e. The highest BCUT2D eigenvalue weighted by atomic mass is 127. The van der Waals surface area contributed by atoms with Gasteiger partial charge in [0.2, 0.25) is 0 Å². The zero-order valence-electron chi connectivity index (χ0n) is 15.2. The van der Waals surface area contributed by atoms with E-state index in [0.717, 1.165) is 30.6 Å². The van der Waals surface area contributed by atoms with Crippen LogP contribution in [-0.2, 0) is 0 Å². The Morgan fingerprint density at radius 3 is 3.04 bits per heavy atom. The summed E-state index contributed by atoms with van der Waals surface area (Å²) in [6.45, 7) is 6.82. The van der Waals surface area contributed by atoms with Crippen LogP contribution in [0.1, 0.15) is 23.8 Å². The molecule has 0 amide bonds. The van der Waals surface area contributed by atoms with Gasteiger partial charge in [0.05, 0.1) is 0 Å². The van der Waals surface area contributed by atoms with Gasteiger partial charge in [-0.05, 0) is 43.8 Å². The molecule has 1 aromatic heterocycles. The minimum Gasteiger partial charge on any atom is -0.356 e. The fraction of sp³-hybridized carbons (Fsp3) is 0.611. The van der Waals surface area contributed by atoms with Crippen molar-refractivity contribution in [3.8, 4) is 0 Å². The second-order valence-electron chi connectivity index (χ2n) is 6.09. The van der Waals surface area contributed by atoms with Crippen LogP contribution in [0.5, 0.6) is 0 Å². The lowest BCUT2D eigenvalue weighted by atomic mass is 9.88. The Labute approximate surface area is 178 Å². The summed E-state index contributed by atoms with van der Waals surface area (Å²) in [4.78, 5) is 8.33. The molecule has 0 saturated carbocycles. The monoisotopic (exact) mass is 494 g/mol. The van der Waals surface area contributed by atoms with Crippen LogP contribution in [0.25, 0.3) is 0 Å². The Kier molecular flexibility index (Phi) is 11.9. The van der Waals surface area contributed by atoms with Gasteiger partial charge >= 0.3 is 0 Å². The largest absolute Gasteiger partial charge is 0.356 e. The highest BCUT2D eigenvalue weighted by molar-refractivity contribution is 14.0. The van der Waals surface area contributed by atoms with Gasteiger partial charge in [-0.2, -0.15) is 11.8 Å². The lowest BCUT2D eigenvalue weighted by Crippen LogP contribution is -2.45. The SMILES string of the molecule is C=CCSCCNC(=NC)NCC1CCCN(C)C1c1cccs1.I. The number of nitrogens with zero attached hydrogens (tertiary/aromatic N) is 2. The molecule has 0 aromatic carbocycles. The van der Waals surface area contributed by atoms with Crippen LogP contribution in [0.3, 0.4) is 0 Å². The summed E-state index contributed by atoms with van der Waals surface area (Å²) in [6.07, 6.45) is 4.49. The lowest BCUT2D eigenvalue weighted by Gasteiger charge is -2.39. The normalized spacial score (nSPS) is 21.4. The van der Waals surface area contributed by atoms with Gasteiger partial charge in [0.1, 0.15) is 0 Å². The van der Waals surface area contributed by atoms with Gasteiger partial charge in [-0.1, -0.05) is 12.1 Å². The second kappa shape index (κ2) is 13.0. The fourth-order valence-corrected chi connectivity index (χ4v) is 4.80. The van der Waals surface area contributed by atoms with E-state index in [-0.39, 0.29) is 24.0 Å². The molecule has 4 nitrogen and oxygen atoms in total. The number of piperidine rings is 1. The van der Waals surface area contributed by atoms with Crippen molar-refractivity contribution in [1.29, 1.82) is 0 Å². The number of guanidine groups is 1. The summed E-state index contributed by atoms with van der Waals surface area (Å²) < 4.78 is 0.